The van der Waals surface area contributed by atoms with Crippen LogP contribution in [0.2, 0.25) is 0 Å². The van der Waals surface area contributed by atoms with E-state index in [1.54, 1.807) is 42.6 Å². The monoisotopic (exact) mass is 406 g/mol. The van der Waals surface area contributed by atoms with E-state index >= 15 is 0 Å². The normalized spacial score (nSPS) is 15.3. The number of urea groups is 1. The van der Waals surface area contributed by atoms with E-state index < -0.39 is 5.97 Å². The lowest BCUT2D eigenvalue weighted by Crippen LogP contribution is -2.43. The molecule has 0 aliphatic carbocycles. The maximum atomic E-state index is 13.2. The van der Waals surface area contributed by atoms with Gasteiger partial charge in [-0.2, -0.15) is 0 Å². The van der Waals surface area contributed by atoms with E-state index in [2.05, 4.69) is 15.3 Å². The summed E-state index contributed by atoms with van der Waals surface area (Å²) in [6.07, 6.45) is 2.33. The van der Waals surface area contributed by atoms with Crippen LogP contribution in [0.4, 0.5) is 10.5 Å². The Labute approximate surface area is 173 Å². The molecule has 1 aliphatic rings. The number of anilines is 1. The first-order valence-electron chi connectivity index (χ1n) is 9.53. The van der Waals surface area contributed by atoms with E-state index in [0.29, 0.717) is 24.2 Å². The smallest absolute Gasteiger partial charge is 0.337 e. The summed E-state index contributed by atoms with van der Waals surface area (Å²) >= 11 is 0. The fourth-order valence-electron chi connectivity index (χ4n) is 3.66. The predicted molar refractivity (Wildman–Crippen MR) is 111 cm³/mol. The van der Waals surface area contributed by atoms with Crippen molar-refractivity contribution < 1.29 is 19.1 Å². The van der Waals surface area contributed by atoms with Gasteiger partial charge in [0.15, 0.2) is 0 Å². The minimum Gasteiger partial charge on any atom is -0.497 e. The molecule has 8 nitrogen and oxygen atoms in total. The number of imidazole rings is 1. The second-order valence-corrected chi connectivity index (χ2v) is 6.89. The average Bonchev–Trinajstić information content (AvgIpc) is 3.27. The van der Waals surface area contributed by atoms with Crippen molar-refractivity contribution in [3.8, 4) is 5.75 Å². The minimum absolute atomic E-state index is 0.272. The van der Waals surface area contributed by atoms with E-state index in [1.807, 2.05) is 24.3 Å². The maximum Gasteiger partial charge on any atom is 0.337 e. The highest BCUT2D eigenvalue weighted by Gasteiger charge is 2.34. The fourth-order valence-corrected chi connectivity index (χ4v) is 3.66. The van der Waals surface area contributed by atoms with Crippen LogP contribution >= 0.6 is 0 Å². The number of H-pyrrole nitrogens is 1. The zero-order chi connectivity index (χ0) is 21.1. The van der Waals surface area contributed by atoms with Gasteiger partial charge >= 0.3 is 12.0 Å². The molecule has 3 aromatic rings. The number of hydrogen-bond acceptors (Lipinski definition) is 5. The van der Waals surface area contributed by atoms with Gasteiger partial charge in [-0.15, -0.1) is 0 Å². The number of methoxy groups -OCH3 is 2. The van der Waals surface area contributed by atoms with Crippen LogP contribution < -0.4 is 10.1 Å². The molecule has 0 radical (unpaired) electrons. The van der Waals surface area contributed by atoms with Gasteiger partial charge in [0.25, 0.3) is 0 Å². The van der Waals surface area contributed by atoms with Crippen molar-refractivity contribution in [1.82, 2.24) is 14.9 Å². The highest BCUT2D eigenvalue weighted by Crippen LogP contribution is 2.34. The zero-order valence-electron chi connectivity index (χ0n) is 16.7. The molecule has 0 bridgehead atoms. The maximum absolute atomic E-state index is 13.2. The summed E-state index contributed by atoms with van der Waals surface area (Å²) in [4.78, 5) is 34.4. The van der Waals surface area contributed by atoms with Crippen LogP contribution in [0.25, 0.3) is 0 Å². The number of carbonyl (C=O) groups excluding carboxylic acids is 2. The molecule has 1 aromatic heterocycles. The Morgan fingerprint density at radius 2 is 1.97 bits per heavy atom. The first-order valence-corrected chi connectivity index (χ1v) is 9.53. The van der Waals surface area contributed by atoms with Gasteiger partial charge in [-0.3, -0.25) is 0 Å². The van der Waals surface area contributed by atoms with Crippen molar-refractivity contribution in [2.75, 3.05) is 26.1 Å². The van der Waals surface area contributed by atoms with E-state index in [9.17, 15) is 9.59 Å². The number of nitrogens with one attached hydrogen (secondary N) is 2. The Bertz CT molecular complexity index is 1060. The molecule has 8 heteroatoms. The summed E-state index contributed by atoms with van der Waals surface area (Å²) in [6, 6.07) is 13.7. The minimum atomic E-state index is -0.457. The molecule has 0 saturated heterocycles. The largest absolute Gasteiger partial charge is 0.497 e. The summed E-state index contributed by atoms with van der Waals surface area (Å²) in [5, 5.41) is 2.89. The Balaban J connectivity index is 1.63. The van der Waals surface area contributed by atoms with Crippen molar-refractivity contribution in [3.63, 3.8) is 0 Å². The number of aromatic nitrogens is 2. The van der Waals surface area contributed by atoms with Crippen LogP contribution in [-0.2, 0) is 11.2 Å². The standard InChI is InChI=1S/C22H22N4O4/c1-29-17-8-6-14(7-9-17)20-19-18(23-13-24-19)10-11-26(20)22(28)25-16-5-3-4-15(12-16)21(27)30-2/h3-9,12-13,20H,10-11H2,1-2H3,(H,23,24)(H,25,28)/t20-/m0/s1. The molecule has 30 heavy (non-hydrogen) atoms. The van der Waals surface area contributed by atoms with Crippen LogP contribution in [0.15, 0.2) is 54.9 Å². The number of esters is 1. The lowest BCUT2D eigenvalue weighted by Gasteiger charge is -2.35. The summed E-state index contributed by atoms with van der Waals surface area (Å²) < 4.78 is 10.0. The highest BCUT2D eigenvalue weighted by atomic mass is 16.5. The number of hydrogen-bond donors (Lipinski definition) is 2. The van der Waals surface area contributed by atoms with Crippen molar-refractivity contribution >= 4 is 17.7 Å². The first kappa shape index (κ1) is 19.5. The second-order valence-electron chi connectivity index (χ2n) is 6.89. The number of nitrogens with zero attached hydrogens (tertiary/aromatic N) is 2. The molecule has 0 unspecified atom stereocenters. The number of aromatic amines is 1. The third-order valence-electron chi connectivity index (χ3n) is 5.15. The molecule has 2 heterocycles. The third kappa shape index (κ3) is 3.71. The average molecular weight is 406 g/mol. The van der Waals surface area contributed by atoms with Crippen LogP contribution in [-0.4, -0.2) is 47.6 Å². The molecule has 0 spiro atoms. The molecule has 2 amide bonds. The van der Waals surface area contributed by atoms with Gasteiger partial charge in [0.05, 0.1) is 31.8 Å². The molecule has 0 fully saturated rings. The Morgan fingerprint density at radius 3 is 2.70 bits per heavy atom. The first-order chi connectivity index (χ1) is 14.6. The summed E-state index contributed by atoms with van der Waals surface area (Å²) in [6.45, 7) is 0.522. The van der Waals surface area contributed by atoms with Crippen molar-refractivity contribution in [3.05, 3.63) is 77.4 Å². The lowest BCUT2D eigenvalue weighted by molar-refractivity contribution is 0.0600. The van der Waals surface area contributed by atoms with Gasteiger partial charge in [-0.25, -0.2) is 14.6 Å². The number of amides is 2. The van der Waals surface area contributed by atoms with Crippen LogP contribution in [0.5, 0.6) is 5.75 Å². The van der Waals surface area contributed by atoms with Gasteiger partial charge in [-0.1, -0.05) is 18.2 Å². The summed E-state index contributed by atoms with van der Waals surface area (Å²) in [7, 11) is 2.94. The van der Waals surface area contributed by atoms with Gasteiger partial charge in [-0.05, 0) is 35.9 Å². The van der Waals surface area contributed by atoms with Crippen LogP contribution in [0, 0.1) is 0 Å². The van der Waals surface area contributed by atoms with E-state index in [-0.39, 0.29) is 12.1 Å². The number of carbonyl (C=O) groups is 2. The van der Waals surface area contributed by atoms with Gasteiger partial charge in [0.1, 0.15) is 11.8 Å². The van der Waals surface area contributed by atoms with Crippen LogP contribution in [0.3, 0.4) is 0 Å². The SMILES string of the molecule is COC(=O)c1cccc(NC(=O)N2CCc3[nH]cnc3[C@@H]2c2ccc(OC)cc2)c1. The van der Waals surface area contributed by atoms with Gasteiger partial charge in [0, 0.05) is 24.3 Å². The van der Waals surface area contributed by atoms with Crippen molar-refractivity contribution in [2.24, 2.45) is 0 Å². The summed E-state index contributed by atoms with van der Waals surface area (Å²) in [5.41, 5.74) is 3.67. The van der Waals surface area contributed by atoms with E-state index in [1.165, 1.54) is 7.11 Å². The predicted octanol–water partition coefficient (Wildman–Crippen LogP) is 3.38. The number of benzene rings is 2. The number of fused-ring (bicyclic) bond motifs is 1. The van der Waals surface area contributed by atoms with E-state index in [4.69, 9.17) is 9.47 Å². The Hall–Kier alpha value is -3.81. The van der Waals surface area contributed by atoms with Gasteiger partial charge < -0.3 is 24.7 Å². The Kier molecular flexibility index (Phi) is 5.38. The molecule has 4 rings (SSSR count). The number of ether oxygens (including phenoxy) is 2. The lowest BCUT2D eigenvalue weighted by atomic mass is 9.96. The third-order valence-corrected chi connectivity index (χ3v) is 5.15. The molecule has 2 N–H and O–H groups in total. The highest BCUT2D eigenvalue weighted by molar-refractivity contribution is 5.94. The quantitative estimate of drug-likeness (QED) is 0.648. The molecule has 154 valence electrons. The fraction of sp³-hybridized carbons (Fsp3) is 0.227. The molecule has 1 aliphatic heterocycles. The van der Waals surface area contributed by atoms with Crippen LogP contribution in [0.1, 0.15) is 33.4 Å². The Morgan fingerprint density at radius 1 is 1.17 bits per heavy atom. The molecule has 0 saturated carbocycles. The second kappa shape index (κ2) is 8.28. The molecular formula is C22H22N4O4. The molecular weight excluding hydrogens is 384 g/mol. The van der Waals surface area contributed by atoms with E-state index in [0.717, 1.165) is 22.7 Å². The summed E-state index contributed by atoms with van der Waals surface area (Å²) in [5.74, 6) is 0.286. The number of rotatable bonds is 4. The molecule has 1 atom stereocenters. The topological polar surface area (TPSA) is 96.6 Å². The van der Waals surface area contributed by atoms with Gasteiger partial charge in [0.2, 0.25) is 0 Å². The van der Waals surface area contributed by atoms with Crippen molar-refractivity contribution in [2.45, 2.75) is 12.5 Å². The molecule has 2 aromatic carbocycles. The zero-order valence-corrected chi connectivity index (χ0v) is 16.7. The van der Waals surface area contributed by atoms with Crippen molar-refractivity contribution in [1.29, 1.82) is 0 Å².